The Hall–Kier alpha value is -2.04. The SMILES string of the molecule is COc1ccc(C(=O)C2CCCN2C(=O)NC(C)C)cc1C. The van der Waals surface area contributed by atoms with Gasteiger partial charge in [-0.15, -0.1) is 0 Å². The van der Waals surface area contributed by atoms with Crippen molar-refractivity contribution >= 4 is 11.8 Å². The van der Waals surface area contributed by atoms with Crippen LogP contribution in [0.1, 0.15) is 42.6 Å². The molecular weight excluding hydrogens is 280 g/mol. The van der Waals surface area contributed by atoms with Gasteiger partial charge in [-0.1, -0.05) is 0 Å². The summed E-state index contributed by atoms with van der Waals surface area (Å²) in [6, 6.07) is 4.94. The van der Waals surface area contributed by atoms with E-state index in [9.17, 15) is 9.59 Å². The van der Waals surface area contributed by atoms with Crippen LogP contribution in [0.5, 0.6) is 5.75 Å². The molecule has 0 saturated carbocycles. The minimum absolute atomic E-state index is 0.00200. The van der Waals surface area contributed by atoms with E-state index in [1.54, 1.807) is 24.1 Å². The number of hydrogen-bond acceptors (Lipinski definition) is 3. The fraction of sp³-hybridized carbons (Fsp3) is 0.529. The maximum absolute atomic E-state index is 12.7. The smallest absolute Gasteiger partial charge is 0.318 e. The Balaban J connectivity index is 2.17. The summed E-state index contributed by atoms with van der Waals surface area (Å²) in [5.74, 6) is 0.763. The third-order valence-corrected chi connectivity index (χ3v) is 3.91. The summed E-state index contributed by atoms with van der Waals surface area (Å²) >= 11 is 0. The largest absolute Gasteiger partial charge is 0.496 e. The van der Waals surface area contributed by atoms with Gasteiger partial charge in [0.15, 0.2) is 5.78 Å². The Morgan fingerprint density at radius 2 is 2.09 bits per heavy atom. The summed E-state index contributed by atoms with van der Waals surface area (Å²) in [6.07, 6.45) is 1.58. The lowest BCUT2D eigenvalue weighted by Gasteiger charge is -2.25. The Labute approximate surface area is 131 Å². The Morgan fingerprint density at radius 1 is 1.36 bits per heavy atom. The first kappa shape index (κ1) is 16.3. The third kappa shape index (κ3) is 3.40. The standard InChI is InChI=1S/C17H24N2O3/c1-11(2)18-17(21)19-9-5-6-14(19)16(20)13-7-8-15(22-4)12(3)10-13/h7-8,10-11,14H,5-6,9H2,1-4H3,(H,18,21). The summed E-state index contributed by atoms with van der Waals surface area (Å²) in [4.78, 5) is 26.6. The van der Waals surface area contributed by atoms with Crippen molar-refractivity contribution in [2.24, 2.45) is 0 Å². The highest BCUT2D eigenvalue weighted by Crippen LogP contribution is 2.24. The number of carbonyl (C=O) groups excluding carboxylic acids is 2. The van der Waals surface area contributed by atoms with Crippen molar-refractivity contribution in [1.82, 2.24) is 10.2 Å². The highest BCUT2D eigenvalue weighted by atomic mass is 16.5. The van der Waals surface area contributed by atoms with Gasteiger partial charge in [-0.2, -0.15) is 0 Å². The van der Waals surface area contributed by atoms with E-state index < -0.39 is 0 Å². The minimum Gasteiger partial charge on any atom is -0.496 e. The number of carbonyl (C=O) groups is 2. The molecule has 5 heteroatoms. The summed E-state index contributed by atoms with van der Waals surface area (Å²) in [6.45, 7) is 6.37. The highest BCUT2D eigenvalue weighted by molar-refractivity contribution is 6.02. The van der Waals surface area contributed by atoms with Gasteiger partial charge in [-0.05, 0) is 57.4 Å². The van der Waals surface area contributed by atoms with Gasteiger partial charge in [0.1, 0.15) is 5.75 Å². The van der Waals surface area contributed by atoms with E-state index in [1.807, 2.05) is 26.8 Å². The molecule has 2 rings (SSSR count). The maximum Gasteiger partial charge on any atom is 0.318 e. The predicted octanol–water partition coefficient (Wildman–Crippen LogP) is 2.77. The summed E-state index contributed by atoms with van der Waals surface area (Å²) < 4.78 is 5.22. The van der Waals surface area contributed by atoms with Gasteiger partial charge in [0, 0.05) is 18.2 Å². The molecule has 1 aromatic carbocycles. The number of aryl methyl sites for hydroxylation is 1. The fourth-order valence-corrected chi connectivity index (χ4v) is 2.84. The highest BCUT2D eigenvalue weighted by Gasteiger charge is 2.34. The van der Waals surface area contributed by atoms with Gasteiger partial charge in [0.05, 0.1) is 13.2 Å². The number of amides is 2. The molecular formula is C17H24N2O3. The lowest BCUT2D eigenvalue weighted by molar-refractivity contribution is 0.0886. The number of ketones is 1. The van der Waals surface area contributed by atoms with Crippen molar-refractivity contribution in [2.75, 3.05) is 13.7 Å². The Kier molecular flexibility index (Phi) is 5.06. The van der Waals surface area contributed by atoms with E-state index in [4.69, 9.17) is 4.74 Å². The fourth-order valence-electron chi connectivity index (χ4n) is 2.84. The first-order valence-corrected chi connectivity index (χ1v) is 7.70. The van der Waals surface area contributed by atoms with Gasteiger partial charge in [0.2, 0.25) is 0 Å². The zero-order valence-corrected chi connectivity index (χ0v) is 13.7. The van der Waals surface area contributed by atoms with E-state index in [0.717, 1.165) is 24.2 Å². The Morgan fingerprint density at radius 3 is 2.68 bits per heavy atom. The van der Waals surface area contributed by atoms with E-state index in [-0.39, 0.29) is 23.9 Å². The number of benzene rings is 1. The first-order chi connectivity index (χ1) is 10.4. The number of rotatable bonds is 4. The molecule has 1 unspecified atom stereocenters. The zero-order chi connectivity index (χ0) is 16.3. The average Bonchev–Trinajstić information content (AvgIpc) is 2.95. The molecule has 5 nitrogen and oxygen atoms in total. The molecule has 1 aromatic rings. The quantitative estimate of drug-likeness (QED) is 0.870. The number of urea groups is 1. The van der Waals surface area contributed by atoms with Crippen molar-refractivity contribution < 1.29 is 14.3 Å². The van der Waals surface area contributed by atoms with Crippen molar-refractivity contribution in [3.63, 3.8) is 0 Å². The van der Waals surface area contributed by atoms with Crippen LogP contribution in [0.2, 0.25) is 0 Å². The molecule has 1 fully saturated rings. The second-order valence-electron chi connectivity index (χ2n) is 6.00. The number of hydrogen-bond donors (Lipinski definition) is 1. The zero-order valence-electron chi connectivity index (χ0n) is 13.7. The third-order valence-electron chi connectivity index (χ3n) is 3.91. The topological polar surface area (TPSA) is 58.6 Å². The van der Waals surface area contributed by atoms with Crippen LogP contribution in [0.4, 0.5) is 4.79 Å². The average molecular weight is 304 g/mol. The number of nitrogens with zero attached hydrogens (tertiary/aromatic N) is 1. The summed E-state index contributed by atoms with van der Waals surface area (Å²) in [5.41, 5.74) is 1.55. The molecule has 1 aliphatic rings. The van der Waals surface area contributed by atoms with Gasteiger partial charge in [0.25, 0.3) is 0 Å². The van der Waals surface area contributed by atoms with Crippen LogP contribution in [0.15, 0.2) is 18.2 Å². The van der Waals surface area contributed by atoms with Crippen LogP contribution in [0.25, 0.3) is 0 Å². The van der Waals surface area contributed by atoms with Gasteiger partial charge < -0.3 is 15.0 Å². The lowest BCUT2D eigenvalue weighted by Crippen LogP contribution is -2.47. The van der Waals surface area contributed by atoms with Crippen molar-refractivity contribution in [3.8, 4) is 5.75 Å². The second-order valence-corrected chi connectivity index (χ2v) is 6.00. The number of likely N-dealkylation sites (tertiary alicyclic amines) is 1. The van der Waals surface area contributed by atoms with Crippen LogP contribution in [-0.2, 0) is 0 Å². The lowest BCUT2D eigenvalue weighted by atomic mass is 10.00. The van der Waals surface area contributed by atoms with Gasteiger partial charge in [-0.3, -0.25) is 4.79 Å². The summed E-state index contributed by atoms with van der Waals surface area (Å²) in [7, 11) is 1.61. The molecule has 120 valence electrons. The maximum atomic E-state index is 12.7. The molecule has 1 aliphatic heterocycles. The van der Waals surface area contributed by atoms with Gasteiger partial charge >= 0.3 is 6.03 Å². The van der Waals surface area contributed by atoms with Crippen molar-refractivity contribution in [3.05, 3.63) is 29.3 Å². The molecule has 22 heavy (non-hydrogen) atoms. The molecule has 0 radical (unpaired) electrons. The monoisotopic (exact) mass is 304 g/mol. The van der Waals surface area contributed by atoms with Crippen LogP contribution in [0.3, 0.4) is 0 Å². The second kappa shape index (κ2) is 6.81. The molecule has 1 N–H and O–H groups in total. The van der Waals surface area contributed by atoms with E-state index in [0.29, 0.717) is 12.1 Å². The van der Waals surface area contributed by atoms with Crippen LogP contribution >= 0.6 is 0 Å². The summed E-state index contributed by atoms with van der Waals surface area (Å²) in [5, 5.41) is 2.87. The molecule has 2 amide bonds. The Bertz CT molecular complexity index is 569. The predicted molar refractivity (Wildman–Crippen MR) is 85.5 cm³/mol. The molecule has 1 heterocycles. The van der Waals surface area contributed by atoms with Crippen molar-refractivity contribution in [2.45, 2.75) is 45.7 Å². The number of nitrogens with one attached hydrogen (secondary N) is 1. The normalized spacial score (nSPS) is 17.7. The number of ether oxygens (including phenoxy) is 1. The first-order valence-electron chi connectivity index (χ1n) is 7.70. The molecule has 1 saturated heterocycles. The van der Waals surface area contributed by atoms with Crippen LogP contribution in [0, 0.1) is 6.92 Å². The molecule has 0 bridgehead atoms. The van der Waals surface area contributed by atoms with E-state index in [2.05, 4.69) is 5.32 Å². The van der Waals surface area contributed by atoms with Crippen LogP contribution < -0.4 is 10.1 Å². The minimum atomic E-state index is -0.369. The van der Waals surface area contributed by atoms with E-state index >= 15 is 0 Å². The van der Waals surface area contributed by atoms with Crippen LogP contribution in [-0.4, -0.2) is 42.5 Å². The molecule has 0 aromatic heterocycles. The van der Waals surface area contributed by atoms with E-state index in [1.165, 1.54) is 0 Å². The molecule has 0 aliphatic carbocycles. The number of methoxy groups -OCH3 is 1. The number of Topliss-reactive ketones (excluding diaryl/α,β-unsaturated/α-hetero) is 1. The molecule has 1 atom stereocenters. The molecule has 0 spiro atoms. The van der Waals surface area contributed by atoms with Gasteiger partial charge in [-0.25, -0.2) is 4.79 Å². The van der Waals surface area contributed by atoms with Crippen molar-refractivity contribution in [1.29, 1.82) is 0 Å².